The highest BCUT2D eigenvalue weighted by Gasteiger charge is 2.32. The average Bonchev–Trinajstić information content (AvgIpc) is 2.63. The first kappa shape index (κ1) is 19.2. The molecule has 0 N–H and O–H groups in total. The quantitative estimate of drug-likeness (QED) is 0.588. The fourth-order valence-electron chi connectivity index (χ4n) is 3.32. The van der Waals surface area contributed by atoms with E-state index in [-0.39, 0.29) is 35.0 Å². The van der Waals surface area contributed by atoms with Gasteiger partial charge in [-0.25, -0.2) is 0 Å². The SMILES string of the molecule is CCN1CCC(Oc2ccccc2[N+](=O)[O-])C(c2ccccc2)C1.Cl. The molecule has 2 aromatic rings. The van der Waals surface area contributed by atoms with Crippen LogP contribution in [0.5, 0.6) is 5.75 Å². The fourth-order valence-corrected chi connectivity index (χ4v) is 3.32. The standard InChI is InChI=1S/C19H22N2O3.ClH/c1-2-20-13-12-18(16(14-20)15-8-4-3-5-9-15)24-19-11-7-6-10-17(19)21(22)23;/h3-11,16,18H,2,12-14H2,1H3;1H. The maximum absolute atomic E-state index is 11.2. The van der Waals surface area contributed by atoms with Gasteiger partial charge in [0, 0.05) is 25.1 Å². The van der Waals surface area contributed by atoms with Crippen LogP contribution in [0.4, 0.5) is 5.69 Å². The van der Waals surface area contributed by atoms with Crippen molar-refractivity contribution in [2.75, 3.05) is 19.6 Å². The van der Waals surface area contributed by atoms with Gasteiger partial charge in [0.25, 0.3) is 0 Å². The number of nitro groups is 1. The molecule has 0 spiro atoms. The van der Waals surface area contributed by atoms with Crippen molar-refractivity contribution < 1.29 is 9.66 Å². The third-order valence-corrected chi connectivity index (χ3v) is 4.65. The molecule has 2 unspecified atom stereocenters. The number of halogens is 1. The van der Waals surface area contributed by atoms with E-state index in [1.165, 1.54) is 11.6 Å². The number of hydrogen-bond acceptors (Lipinski definition) is 4. The first-order valence-electron chi connectivity index (χ1n) is 8.36. The van der Waals surface area contributed by atoms with E-state index in [0.29, 0.717) is 5.75 Å². The van der Waals surface area contributed by atoms with Crippen molar-refractivity contribution in [3.63, 3.8) is 0 Å². The third kappa shape index (κ3) is 4.50. The minimum absolute atomic E-state index is 0. The molecule has 6 heteroatoms. The highest BCUT2D eigenvalue weighted by Crippen LogP contribution is 2.34. The van der Waals surface area contributed by atoms with E-state index >= 15 is 0 Å². The summed E-state index contributed by atoms with van der Waals surface area (Å²) >= 11 is 0. The zero-order valence-corrected chi connectivity index (χ0v) is 15.0. The van der Waals surface area contributed by atoms with Gasteiger partial charge in [0.15, 0.2) is 5.75 Å². The first-order chi connectivity index (χ1) is 11.7. The summed E-state index contributed by atoms with van der Waals surface area (Å²) in [6, 6.07) is 16.9. The summed E-state index contributed by atoms with van der Waals surface area (Å²) in [5.41, 5.74) is 1.25. The molecule has 0 bridgehead atoms. The summed E-state index contributed by atoms with van der Waals surface area (Å²) in [4.78, 5) is 13.2. The smallest absolute Gasteiger partial charge is 0.310 e. The molecule has 0 amide bonds. The molecule has 1 aliphatic heterocycles. The molecule has 1 heterocycles. The summed E-state index contributed by atoms with van der Waals surface area (Å²) < 4.78 is 6.14. The van der Waals surface area contributed by atoms with Crippen LogP contribution in [0.3, 0.4) is 0 Å². The van der Waals surface area contributed by atoms with Gasteiger partial charge >= 0.3 is 5.69 Å². The lowest BCUT2D eigenvalue weighted by molar-refractivity contribution is -0.386. The van der Waals surface area contributed by atoms with Crippen LogP contribution in [0.2, 0.25) is 0 Å². The van der Waals surface area contributed by atoms with Gasteiger partial charge in [-0.3, -0.25) is 10.1 Å². The number of hydrogen-bond donors (Lipinski definition) is 0. The molecule has 0 radical (unpaired) electrons. The maximum Gasteiger partial charge on any atom is 0.310 e. The van der Waals surface area contributed by atoms with Crippen LogP contribution in [0.25, 0.3) is 0 Å². The highest BCUT2D eigenvalue weighted by molar-refractivity contribution is 5.85. The van der Waals surface area contributed by atoms with Crippen molar-refractivity contribution in [3.05, 3.63) is 70.3 Å². The third-order valence-electron chi connectivity index (χ3n) is 4.65. The predicted octanol–water partition coefficient (Wildman–Crippen LogP) is 4.27. The van der Waals surface area contributed by atoms with Gasteiger partial charge in [-0.1, -0.05) is 49.4 Å². The van der Waals surface area contributed by atoms with Gasteiger partial charge in [-0.05, 0) is 24.6 Å². The topological polar surface area (TPSA) is 55.6 Å². The molecule has 2 atom stereocenters. The minimum Gasteiger partial charge on any atom is -0.483 e. The van der Waals surface area contributed by atoms with E-state index in [2.05, 4.69) is 24.0 Å². The number of nitro benzene ring substituents is 1. The van der Waals surface area contributed by atoms with Gasteiger partial charge in [0.2, 0.25) is 0 Å². The number of piperidine rings is 1. The molecule has 1 fully saturated rings. The Balaban J connectivity index is 0.00000225. The number of nitrogens with zero attached hydrogens (tertiary/aromatic N) is 2. The number of benzene rings is 2. The molecule has 1 aliphatic rings. The molecule has 0 aromatic heterocycles. The summed E-state index contributed by atoms with van der Waals surface area (Å²) in [6.07, 6.45) is 0.802. The minimum atomic E-state index is -0.381. The Morgan fingerprint density at radius 2 is 1.84 bits per heavy atom. The van der Waals surface area contributed by atoms with Crippen LogP contribution in [0.1, 0.15) is 24.8 Å². The normalized spacial score (nSPS) is 20.5. The van der Waals surface area contributed by atoms with Crippen molar-refractivity contribution >= 4 is 18.1 Å². The number of ether oxygens (including phenoxy) is 1. The largest absolute Gasteiger partial charge is 0.483 e. The van der Waals surface area contributed by atoms with Crippen LogP contribution >= 0.6 is 12.4 Å². The van der Waals surface area contributed by atoms with Crippen LogP contribution in [-0.2, 0) is 0 Å². The first-order valence-corrected chi connectivity index (χ1v) is 8.36. The Hall–Kier alpha value is -2.11. The molecule has 5 nitrogen and oxygen atoms in total. The number of rotatable bonds is 5. The number of para-hydroxylation sites is 2. The summed E-state index contributed by atoms with van der Waals surface area (Å²) in [5.74, 6) is 0.568. The highest BCUT2D eigenvalue weighted by atomic mass is 35.5. The summed E-state index contributed by atoms with van der Waals surface area (Å²) in [5, 5.41) is 11.2. The molecule has 1 saturated heterocycles. The van der Waals surface area contributed by atoms with Crippen molar-refractivity contribution in [3.8, 4) is 5.75 Å². The second-order valence-corrected chi connectivity index (χ2v) is 6.08. The molecule has 0 aliphatic carbocycles. The van der Waals surface area contributed by atoms with Gasteiger partial charge in [0.05, 0.1) is 4.92 Å². The summed E-state index contributed by atoms with van der Waals surface area (Å²) in [7, 11) is 0. The zero-order chi connectivity index (χ0) is 16.9. The second-order valence-electron chi connectivity index (χ2n) is 6.08. The Kier molecular flexibility index (Phi) is 6.79. The Morgan fingerprint density at radius 3 is 2.52 bits per heavy atom. The van der Waals surface area contributed by atoms with E-state index in [1.807, 2.05) is 18.2 Å². The molecule has 134 valence electrons. The van der Waals surface area contributed by atoms with E-state index in [1.54, 1.807) is 18.2 Å². The average molecular weight is 363 g/mol. The molecule has 25 heavy (non-hydrogen) atoms. The van der Waals surface area contributed by atoms with Gasteiger partial charge in [-0.15, -0.1) is 12.4 Å². The van der Waals surface area contributed by atoms with Crippen molar-refractivity contribution in [2.24, 2.45) is 0 Å². The van der Waals surface area contributed by atoms with Crippen molar-refractivity contribution in [1.82, 2.24) is 4.90 Å². The zero-order valence-electron chi connectivity index (χ0n) is 14.2. The van der Waals surface area contributed by atoms with Crippen molar-refractivity contribution in [1.29, 1.82) is 0 Å². The Bertz CT molecular complexity index is 696. The predicted molar refractivity (Wildman–Crippen MR) is 101 cm³/mol. The van der Waals surface area contributed by atoms with E-state index in [0.717, 1.165) is 26.1 Å². The maximum atomic E-state index is 11.2. The van der Waals surface area contributed by atoms with Crippen LogP contribution < -0.4 is 4.74 Å². The molecule has 0 saturated carbocycles. The Labute approximate surface area is 154 Å². The van der Waals surface area contributed by atoms with Gasteiger partial charge < -0.3 is 9.64 Å². The molecular weight excluding hydrogens is 340 g/mol. The molecule has 2 aromatic carbocycles. The Morgan fingerprint density at radius 1 is 1.16 bits per heavy atom. The fraction of sp³-hybridized carbons (Fsp3) is 0.368. The van der Waals surface area contributed by atoms with Crippen molar-refractivity contribution in [2.45, 2.75) is 25.4 Å². The van der Waals surface area contributed by atoms with Crippen LogP contribution in [-0.4, -0.2) is 35.6 Å². The van der Waals surface area contributed by atoms with Crippen LogP contribution in [0.15, 0.2) is 54.6 Å². The second kappa shape index (κ2) is 8.83. The van der Waals surface area contributed by atoms with Crippen LogP contribution in [0, 0.1) is 10.1 Å². The molecule has 3 rings (SSSR count). The van der Waals surface area contributed by atoms with E-state index in [9.17, 15) is 10.1 Å². The lowest BCUT2D eigenvalue weighted by atomic mass is 9.88. The van der Waals surface area contributed by atoms with Gasteiger partial charge in [0.1, 0.15) is 6.10 Å². The molecular formula is C19H23ClN2O3. The van der Waals surface area contributed by atoms with E-state index in [4.69, 9.17) is 4.74 Å². The van der Waals surface area contributed by atoms with Gasteiger partial charge in [-0.2, -0.15) is 0 Å². The number of likely N-dealkylation sites (N-methyl/N-ethyl adjacent to an activating group) is 1. The number of likely N-dealkylation sites (tertiary alicyclic amines) is 1. The lowest BCUT2D eigenvalue weighted by Gasteiger charge is -2.38. The lowest BCUT2D eigenvalue weighted by Crippen LogP contribution is -2.44. The van der Waals surface area contributed by atoms with E-state index < -0.39 is 0 Å². The summed E-state index contributed by atoms with van der Waals surface area (Å²) in [6.45, 7) is 5.02. The monoisotopic (exact) mass is 362 g/mol.